The van der Waals surface area contributed by atoms with Gasteiger partial charge in [0.25, 0.3) is 10.0 Å². The number of anilines is 1. The van der Waals surface area contributed by atoms with Crippen LogP contribution in [0.3, 0.4) is 0 Å². The minimum absolute atomic E-state index is 0.0325. The third-order valence-corrected chi connectivity index (χ3v) is 5.07. The van der Waals surface area contributed by atoms with E-state index >= 15 is 0 Å². The lowest BCUT2D eigenvalue weighted by molar-refractivity contribution is 0.0525. The minimum Gasteiger partial charge on any atom is -0.465 e. The van der Waals surface area contributed by atoms with Gasteiger partial charge in [0.15, 0.2) is 0 Å². The molecule has 0 saturated heterocycles. The molecular formula is C18H19NO6S. The van der Waals surface area contributed by atoms with E-state index in [4.69, 9.17) is 4.74 Å². The lowest BCUT2D eigenvalue weighted by Crippen LogP contribution is -2.15. The molecule has 2 aromatic carbocycles. The van der Waals surface area contributed by atoms with Crippen molar-refractivity contribution in [2.24, 2.45) is 0 Å². The number of sulfonamides is 1. The van der Waals surface area contributed by atoms with Crippen LogP contribution in [-0.4, -0.2) is 34.1 Å². The Morgan fingerprint density at radius 1 is 1.00 bits per heavy atom. The number of hydrogen-bond donors (Lipinski definition) is 1. The van der Waals surface area contributed by atoms with Crippen LogP contribution in [0, 0.1) is 6.92 Å². The molecule has 0 bridgehead atoms. The molecule has 8 heteroatoms. The summed E-state index contributed by atoms with van der Waals surface area (Å²) in [5.74, 6) is -1.11. The van der Waals surface area contributed by atoms with E-state index in [1.165, 1.54) is 49.6 Å². The zero-order valence-corrected chi connectivity index (χ0v) is 15.4. The number of carbonyl (C=O) groups is 2. The van der Waals surface area contributed by atoms with E-state index in [2.05, 4.69) is 9.46 Å². The Bertz CT molecular complexity index is 919. The van der Waals surface area contributed by atoms with Gasteiger partial charge in [0.1, 0.15) is 0 Å². The highest BCUT2D eigenvalue weighted by atomic mass is 32.2. The average molecular weight is 377 g/mol. The SMILES string of the molecule is CCOC(=O)c1ccc(NS(=O)(=O)c2cc(C(=O)OC)ccc2C)cc1. The van der Waals surface area contributed by atoms with Gasteiger partial charge in [-0.3, -0.25) is 4.72 Å². The Morgan fingerprint density at radius 2 is 1.62 bits per heavy atom. The van der Waals surface area contributed by atoms with Crippen molar-refractivity contribution in [2.45, 2.75) is 18.7 Å². The Hall–Kier alpha value is -2.87. The molecule has 0 aliphatic rings. The highest BCUT2D eigenvalue weighted by Crippen LogP contribution is 2.21. The molecule has 1 N–H and O–H groups in total. The van der Waals surface area contributed by atoms with Crippen LogP contribution in [0.2, 0.25) is 0 Å². The maximum absolute atomic E-state index is 12.7. The van der Waals surface area contributed by atoms with E-state index in [-0.39, 0.29) is 22.8 Å². The van der Waals surface area contributed by atoms with Crippen molar-refractivity contribution in [1.82, 2.24) is 0 Å². The molecule has 0 spiro atoms. The zero-order valence-electron chi connectivity index (χ0n) is 14.6. The van der Waals surface area contributed by atoms with Crippen LogP contribution in [0.4, 0.5) is 5.69 Å². The van der Waals surface area contributed by atoms with Crippen LogP contribution in [0.1, 0.15) is 33.2 Å². The maximum atomic E-state index is 12.7. The Morgan fingerprint density at radius 3 is 2.19 bits per heavy atom. The molecule has 0 aliphatic heterocycles. The first kappa shape index (κ1) is 19.5. The molecule has 2 aromatic rings. The molecular weight excluding hydrogens is 358 g/mol. The summed E-state index contributed by atoms with van der Waals surface area (Å²) in [6.07, 6.45) is 0. The van der Waals surface area contributed by atoms with Crippen molar-refractivity contribution >= 4 is 27.6 Å². The molecule has 7 nitrogen and oxygen atoms in total. The highest BCUT2D eigenvalue weighted by molar-refractivity contribution is 7.92. The average Bonchev–Trinajstić information content (AvgIpc) is 2.61. The van der Waals surface area contributed by atoms with Gasteiger partial charge in [0.2, 0.25) is 0 Å². The predicted molar refractivity (Wildman–Crippen MR) is 95.7 cm³/mol. The molecule has 26 heavy (non-hydrogen) atoms. The van der Waals surface area contributed by atoms with Gasteiger partial charge in [-0.1, -0.05) is 6.07 Å². The number of ether oxygens (including phenoxy) is 2. The Balaban J connectivity index is 2.29. The number of esters is 2. The number of hydrogen-bond acceptors (Lipinski definition) is 6. The third-order valence-electron chi connectivity index (χ3n) is 3.55. The van der Waals surface area contributed by atoms with Gasteiger partial charge in [-0.05, 0) is 55.8 Å². The van der Waals surface area contributed by atoms with Crippen LogP contribution < -0.4 is 4.72 Å². The van der Waals surface area contributed by atoms with Crippen LogP contribution in [0.25, 0.3) is 0 Å². The number of carbonyl (C=O) groups excluding carboxylic acids is 2. The fraction of sp³-hybridized carbons (Fsp3) is 0.222. The van der Waals surface area contributed by atoms with Crippen LogP contribution in [0.15, 0.2) is 47.4 Å². The second kappa shape index (κ2) is 8.01. The summed E-state index contributed by atoms with van der Waals surface area (Å²) in [5, 5.41) is 0. The van der Waals surface area contributed by atoms with Crippen molar-refractivity contribution in [3.05, 3.63) is 59.2 Å². The summed E-state index contributed by atoms with van der Waals surface area (Å²) >= 11 is 0. The van der Waals surface area contributed by atoms with E-state index in [0.717, 1.165) is 0 Å². The molecule has 2 rings (SSSR count). The van der Waals surface area contributed by atoms with E-state index < -0.39 is 22.0 Å². The summed E-state index contributed by atoms with van der Waals surface area (Å²) in [6.45, 7) is 3.58. The van der Waals surface area contributed by atoms with Gasteiger partial charge in [-0.25, -0.2) is 18.0 Å². The second-order valence-electron chi connectivity index (χ2n) is 5.38. The molecule has 138 valence electrons. The number of aryl methyl sites for hydroxylation is 1. The summed E-state index contributed by atoms with van der Waals surface area (Å²) in [6, 6.07) is 10.1. The quantitative estimate of drug-likeness (QED) is 0.777. The van der Waals surface area contributed by atoms with Gasteiger partial charge < -0.3 is 9.47 Å². The first-order chi connectivity index (χ1) is 12.3. The van der Waals surface area contributed by atoms with Gasteiger partial charge in [-0.2, -0.15) is 0 Å². The third kappa shape index (κ3) is 4.40. The van der Waals surface area contributed by atoms with Gasteiger partial charge >= 0.3 is 11.9 Å². The standard InChI is InChI=1S/C18H19NO6S/c1-4-25-18(21)13-7-9-15(10-8-13)19-26(22,23)16-11-14(17(20)24-3)6-5-12(16)2/h5-11,19H,4H2,1-3H3. The van der Waals surface area contributed by atoms with E-state index in [1.807, 2.05) is 0 Å². The largest absolute Gasteiger partial charge is 0.465 e. The monoisotopic (exact) mass is 377 g/mol. The smallest absolute Gasteiger partial charge is 0.338 e. The summed E-state index contributed by atoms with van der Waals surface area (Å²) in [5.41, 5.74) is 1.21. The molecule has 0 saturated carbocycles. The topological polar surface area (TPSA) is 98.8 Å². The van der Waals surface area contributed by atoms with Crippen molar-refractivity contribution < 1.29 is 27.5 Å². The first-order valence-electron chi connectivity index (χ1n) is 7.77. The Labute approximate surface area is 152 Å². The fourth-order valence-corrected chi connectivity index (χ4v) is 3.56. The zero-order chi connectivity index (χ0) is 19.3. The van der Waals surface area contributed by atoms with Gasteiger partial charge in [-0.15, -0.1) is 0 Å². The minimum atomic E-state index is -3.93. The maximum Gasteiger partial charge on any atom is 0.338 e. The molecule has 0 unspecified atom stereocenters. The first-order valence-corrected chi connectivity index (χ1v) is 9.25. The van der Waals surface area contributed by atoms with E-state index in [9.17, 15) is 18.0 Å². The van der Waals surface area contributed by atoms with Gasteiger partial charge in [0.05, 0.1) is 29.7 Å². The summed E-state index contributed by atoms with van der Waals surface area (Å²) < 4.78 is 37.2. The fourth-order valence-electron chi connectivity index (χ4n) is 2.23. The Kier molecular flexibility index (Phi) is 5.99. The molecule has 0 heterocycles. The van der Waals surface area contributed by atoms with Crippen molar-refractivity contribution in [1.29, 1.82) is 0 Å². The van der Waals surface area contributed by atoms with Crippen molar-refractivity contribution in [3.63, 3.8) is 0 Å². The number of benzene rings is 2. The number of rotatable bonds is 6. The van der Waals surface area contributed by atoms with Crippen molar-refractivity contribution in [2.75, 3.05) is 18.4 Å². The highest BCUT2D eigenvalue weighted by Gasteiger charge is 2.20. The van der Waals surface area contributed by atoms with Gasteiger partial charge in [0, 0.05) is 5.69 Å². The van der Waals surface area contributed by atoms with Crippen LogP contribution in [-0.2, 0) is 19.5 Å². The normalized spacial score (nSPS) is 10.9. The predicted octanol–water partition coefficient (Wildman–Crippen LogP) is 2.76. The van der Waals surface area contributed by atoms with Crippen LogP contribution >= 0.6 is 0 Å². The van der Waals surface area contributed by atoms with Crippen molar-refractivity contribution in [3.8, 4) is 0 Å². The molecule has 0 atom stereocenters. The second-order valence-corrected chi connectivity index (χ2v) is 7.03. The lowest BCUT2D eigenvalue weighted by atomic mass is 10.1. The lowest BCUT2D eigenvalue weighted by Gasteiger charge is -2.12. The molecule has 0 fully saturated rings. The number of methoxy groups -OCH3 is 1. The summed E-state index contributed by atoms with van der Waals surface area (Å²) in [7, 11) is -2.70. The molecule has 0 radical (unpaired) electrons. The van der Waals surface area contributed by atoms with Crippen LogP contribution in [0.5, 0.6) is 0 Å². The van der Waals surface area contributed by atoms with E-state index in [1.54, 1.807) is 13.8 Å². The molecule has 0 amide bonds. The molecule has 0 aromatic heterocycles. The summed E-state index contributed by atoms with van der Waals surface area (Å²) in [4.78, 5) is 23.2. The molecule has 0 aliphatic carbocycles. The number of nitrogens with one attached hydrogen (secondary N) is 1. The van der Waals surface area contributed by atoms with E-state index in [0.29, 0.717) is 11.1 Å².